The Morgan fingerprint density at radius 3 is 2.36 bits per heavy atom. The Kier molecular flexibility index (Phi) is 3.54. The van der Waals surface area contributed by atoms with Gasteiger partial charge in [0.1, 0.15) is 9.75 Å². The van der Waals surface area contributed by atoms with Crippen molar-refractivity contribution >= 4 is 35.9 Å². The SMILES string of the molecule is COC(=O)c1cc(S)c(C(=O)OC)s1. The Hall–Kier alpha value is -1.01. The third-order valence-corrected chi connectivity index (χ3v) is 3.07. The maximum absolute atomic E-state index is 11.1. The van der Waals surface area contributed by atoms with Gasteiger partial charge in [-0.25, -0.2) is 9.59 Å². The molecule has 0 bridgehead atoms. The van der Waals surface area contributed by atoms with Crippen molar-refractivity contribution in [3.8, 4) is 0 Å². The van der Waals surface area contributed by atoms with Gasteiger partial charge in [0.25, 0.3) is 0 Å². The van der Waals surface area contributed by atoms with Gasteiger partial charge in [0.05, 0.1) is 14.2 Å². The van der Waals surface area contributed by atoms with Crippen molar-refractivity contribution < 1.29 is 19.1 Å². The van der Waals surface area contributed by atoms with E-state index in [9.17, 15) is 9.59 Å². The van der Waals surface area contributed by atoms with Gasteiger partial charge in [-0.15, -0.1) is 24.0 Å². The Morgan fingerprint density at radius 2 is 1.86 bits per heavy atom. The molecule has 0 aliphatic heterocycles. The zero-order valence-electron chi connectivity index (χ0n) is 7.57. The molecular weight excluding hydrogens is 224 g/mol. The molecule has 0 saturated heterocycles. The average Bonchev–Trinajstić information content (AvgIpc) is 2.58. The second-order valence-corrected chi connectivity index (χ2v) is 3.84. The topological polar surface area (TPSA) is 52.6 Å². The van der Waals surface area contributed by atoms with Crippen molar-refractivity contribution in [3.05, 3.63) is 15.8 Å². The fourth-order valence-corrected chi connectivity index (χ4v) is 2.16. The molecule has 14 heavy (non-hydrogen) atoms. The fraction of sp³-hybridized carbons (Fsp3) is 0.250. The van der Waals surface area contributed by atoms with Gasteiger partial charge >= 0.3 is 11.9 Å². The zero-order valence-corrected chi connectivity index (χ0v) is 9.28. The minimum atomic E-state index is -0.504. The van der Waals surface area contributed by atoms with Crippen molar-refractivity contribution in [3.63, 3.8) is 0 Å². The number of methoxy groups -OCH3 is 2. The molecule has 0 radical (unpaired) electrons. The predicted molar refractivity (Wildman–Crippen MR) is 54.3 cm³/mol. The highest BCUT2D eigenvalue weighted by atomic mass is 32.1. The third-order valence-electron chi connectivity index (χ3n) is 1.47. The first-order valence-electron chi connectivity index (χ1n) is 3.59. The lowest BCUT2D eigenvalue weighted by atomic mass is 10.4. The highest BCUT2D eigenvalue weighted by Crippen LogP contribution is 2.26. The number of hydrogen-bond acceptors (Lipinski definition) is 6. The molecule has 0 atom stereocenters. The molecule has 0 amide bonds. The van der Waals surface area contributed by atoms with Crippen molar-refractivity contribution in [2.45, 2.75) is 4.90 Å². The minimum Gasteiger partial charge on any atom is -0.465 e. The molecule has 0 aliphatic carbocycles. The smallest absolute Gasteiger partial charge is 0.349 e. The standard InChI is InChI=1S/C8H8O4S2/c1-11-7(9)5-3-4(13)6(14-5)8(10)12-2/h3,13H,1-2H3. The summed E-state index contributed by atoms with van der Waals surface area (Å²) in [5.41, 5.74) is 0. The number of carbonyl (C=O) groups is 2. The summed E-state index contributed by atoms with van der Waals surface area (Å²) in [7, 11) is 2.55. The van der Waals surface area contributed by atoms with E-state index in [-0.39, 0.29) is 0 Å². The molecule has 6 heteroatoms. The van der Waals surface area contributed by atoms with Crippen LogP contribution in [0.15, 0.2) is 11.0 Å². The normalized spacial score (nSPS) is 9.64. The van der Waals surface area contributed by atoms with Crippen LogP contribution in [0, 0.1) is 0 Å². The summed E-state index contributed by atoms with van der Waals surface area (Å²) in [6.07, 6.45) is 0. The van der Waals surface area contributed by atoms with Crippen LogP contribution in [0.5, 0.6) is 0 Å². The summed E-state index contributed by atoms with van der Waals surface area (Å²) in [6.45, 7) is 0. The molecule has 0 aromatic carbocycles. The van der Waals surface area contributed by atoms with Crippen molar-refractivity contribution in [2.75, 3.05) is 14.2 Å². The van der Waals surface area contributed by atoms with E-state index >= 15 is 0 Å². The van der Waals surface area contributed by atoms with Gasteiger partial charge in [0.15, 0.2) is 0 Å². The third kappa shape index (κ3) is 2.08. The summed E-state index contributed by atoms with van der Waals surface area (Å²) in [4.78, 5) is 23.3. The Bertz CT molecular complexity index is 369. The van der Waals surface area contributed by atoms with Crippen LogP contribution in [-0.2, 0) is 9.47 Å². The van der Waals surface area contributed by atoms with Crippen LogP contribution >= 0.6 is 24.0 Å². The summed E-state index contributed by atoms with van der Waals surface area (Å²) in [6, 6.07) is 1.48. The quantitative estimate of drug-likeness (QED) is 0.621. The highest BCUT2D eigenvalue weighted by Gasteiger charge is 2.18. The van der Waals surface area contributed by atoms with E-state index in [4.69, 9.17) is 0 Å². The molecule has 1 aromatic rings. The van der Waals surface area contributed by atoms with Gasteiger partial charge in [-0.05, 0) is 6.07 Å². The minimum absolute atomic E-state index is 0.302. The summed E-state index contributed by atoms with van der Waals surface area (Å²) in [5, 5.41) is 0. The first-order valence-corrected chi connectivity index (χ1v) is 4.86. The Labute approximate surface area is 90.2 Å². The number of rotatable bonds is 2. The molecule has 0 aliphatic rings. The predicted octanol–water partition coefficient (Wildman–Crippen LogP) is 1.61. The lowest BCUT2D eigenvalue weighted by Crippen LogP contribution is -1.99. The lowest BCUT2D eigenvalue weighted by molar-refractivity contribution is 0.0596. The van der Waals surface area contributed by atoms with Crippen LogP contribution in [0.1, 0.15) is 19.3 Å². The van der Waals surface area contributed by atoms with Crippen molar-refractivity contribution in [1.82, 2.24) is 0 Å². The van der Waals surface area contributed by atoms with E-state index in [0.29, 0.717) is 14.6 Å². The average molecular weight is 232 g/mol. The van der Waals surface area contributed by atoms with Gasteiger partial charge in [-0.3, -0.25) is 0 Å². The summed E-state index contributed by atoms with van der Waals surface area (Å²) < 4.78 is 9.02. The monoisotopic (exact) mass is 232 g/mol. The number of ether oxygens (including phenoxy) is 2. The molecule has 0 fully saturated rings. The first kappa shape index (κ1) is 11.1. The van der Waals surface area contributed by atoms with E-state index in [1.165, 1.54) is 20.3 Å². The fourth-order valence-electron chi connectivity index (χ4n) is 0.822. The van der Waals surface area contributed by atoms with Crippen LogP contribution in [-0.4, -0.2) is 26.2 Å². The van der Waals surface area contributed by atoms with E-state index in [1.54, 1.807) is 0 Å². The summed E-state index contributed by atoms with van der Waals surface area (Å²) in [5.74, 6) is -0.990. The largest absolute Gasteiger partial charge is 0.465 e. The van der Waals surface area contributed by atoms with Crippen LogP contribution in [0.2, 0.25) is 0 Å². The van der Waals surface area contributed by atoms with Gasteiger partial charge in [-0.1, -0.05) is 0 Å². The zero-order chi connectivity index (χ0) is 10.7. The molecule has 1 aromatic heterocycles. The number of esters is 2. The van der Waals surface area contributed by atoms with Crippen LogP contribution in [0.4, 0.5) is 0 Å². The molecule has 0 N–H and O–H groups in total. The van der Waals surface area contributed by atoms with E-state index in [1.807, 2.05) is 0 Å². The number of thiophene rings is 1. The Balaban J connectivity index is 3.05. The van der Waals surface area contributed by atoms with Crippen LogP contribution in [0.25, 0.3) is 0 Å². The molecule has 0 unspecified atom stereocenters. The van der Waals surface area contributed by atoms with E-state index in [2.05, 4.69) is 22.1 Å². The van der Waals surface area contributed by atoms with Crippen LogP contribution < -0.4 is 0 Å². The van der Waals surface area contributed by atoms with Crippen LogP contribution in [0.3, 0.4) is 0 Å². The lowest BCUT2D eigenvalue weighted by Gasteiger charge is -1.94. The number of hydrogen-bond donors (Lipinski definition) is 1. The maximum Gasteiger partial charge on any atom is 0.349 e. The molecule has 0 saturated carbocycles. The number of carbonyl (C=O) groups excluding carboxylic acids is 2. The maximum atomic E-state index is 11.1. The van der Waals surface area contributed by atoms with Gasteiger partial charge < -0.3 is 9.47 Å². The van der Waals surface area contributed by atoms with Crippen molar-refractivity contribution in [1.29, 1.82) is 0 Å². The second-order valence-electron chi connectivity index (χ2n) is 2.31. The van der Waals surface area contributed by atoms with E-state index < -0.39 is 11.9 Å². The van der Waals surface area contributed by atoms with Gasteiger partial charge in [0, 0.05) is 4.90 Å². The number of thiol groups is 1. The molecule has 76 valence electrons. The first-order chi connectivity index (χ1) is 6.60. The van der Waals surface area contributed by atoms with Crippen molar-refractivity contribution in [2.24, 2.45) is 0 Å². The molecule has 4 nitrogen and oxygen atoms in total. The molecule has 1 rings (SSSR count). The highest BCUT2D eigenvalue weighted by molar-refractivity contribution is 7.80. The molecule has 1 heterocycles. The molecule has 0 spiro atoms. The Morgan fingerprint density at radius 1 is 1.29 bits per heavy atom. The molecular formula is C8H8O4S2. The van der Waals surface area contributed by atoms with Gasteiger partial charge in [0.2, 0.25) is 0 Å². The second kappa shape index (κ2) is 4.47. The van der Waals surface area contributed by atoms with E-state index in [0.717, 1.165) is 11.3 Å². The van der Waals surface area contributed by atoms with Gasteiger partial charge in [-0.2, -0.15) is 0 Å². The summed E-state index contributed by atoms with van der Waals surface area (Å²) >= 11 is 5.05.